The van der Waals surface area contributed by atoms with Gasteiger partial charge in [0.15, 0.2) is 0 Å². The molecule has 2 N–H and O–H groups in total. The van der Waals surface area contributed by atoms with Gasteiger partial charge in [0.25, 0.3) is 11.8 Å². The molecule has 2 aromatic carbocycles. The molecule has 152 valence electrons. The molecule has 0 aliphatic carbocycles. The highest BCUT2D eigenvalue weighted by Gasteiger charge is 2.19. The average Bonchev–Trinajstić information content (AvgIpc) is 3.26. The number of nitrogens with one attached hydrogen (secondary N) is 2. The summed E-state index contributed by atoms with van der Waals surface area (Å²) in [7, 11) is 1.56. The van der Waals surface area contributed by atoms with Crippen molar-refractivity contribution < 1.29 is 19.1 Å². The molecule has 7 heteroatoms. The van der Waals surface area contributed by atoms with Crippen LogP contribution in [0.1, 0.15) is 28.8 Å². The number of hydrogen-bond acceptors (Lipinski definition) is 4. The third-order valence-electron chi connectivity index (χ3n) is 4.54. The summed E-state index contributed by atoms with van der Waals surface area (Å²) in [5.74, 6) is -0.120. The zero-order chi connectivity index (χ0) is 20.6. The second-order valence-electron chi connectivity index (χ2n) is 6.64. The second kappa shape index (κ2) is 10.1. The van der Waals surface area contributed by atoms with E-state index in [1.807, 2.05) is 0 Å². The molecule has 0 bridgehead atoms. The number of methoxy groups -OCH3 is 1. The van der Waals surface area contributed by atoms with E-state index < -0.39 is 0 Å². The number of amides is 2. The number of halogens is 1. The van der Waals surface area contributed by atoms with Crippen molar-refractivity contribution in [2.75, 3.05) is 20.3 Å². The molecular weight excluding hydrogens is 392 g/mol. The Morgan fingerprint density at radius 3 is 2.52 bits per heavy atom. The molecule has 1 aliphatic rings. The molecule has 1 aliphatic heterocycles. The summed E-state index contributed by atoms with van der Waals surface area (Å²) in [6, 6.07) is 13.6. The van der Waals surface area contributed by atoms with E-state index in [4.69, 9.17) is 21.1 Å². The van der Waals surface area contributed by atoms with Crippen molar-refractivity contribution in [3.05, 3.63) is 70.4 Å². The standard InChI is InChI=1S/C22H23ClN2O4/c1-28-18-10-6-16(7-11-18)21(26)25-20(13-15-4-8-17(23)9-5-15)22(27)24-14-19-3-2-12-29-19/h4-11,13,19H,2-3,12,14H2,1H3,(H,24,27)(H,25,26)/b20-13+/t19-/m0/s1. The average molecular weight is 415 g/mol. The van der Waals surface area contributed by atoms with Gasteiger partial charge >= 0.3 is 0 Å². The number of rotatable bonds is 7. The Hall–Kier alpha value is -2.83. The van der Waals surface area contributed by atoms with Gasteiger partial charge in [0.05, 0.1) is 13.2 Å². The van der Waals surface area contributed by atoms with E-state index in [1.54, 1.807) is 61.7 Å². The normalized spacial score (nSPS) is 16.3. The molecule has 2 amide bonds. The van der Waals surface area contributed by atoms with Crippen LogP contribution in [0.4, 0.5) is 0 Å². The molecule has 1 heterocycles. The van der Waals surface area contributed by atoms with Crippen LogP contribution in [0.5, 0.6) is 5.75 Å². The Labute approximate surface area is 174 Å². The molecule has 0 saturated carbocycles. The predicted molar refractivity (Wildman–Crippen MR) is 112 cm³/mol. The Morgan fingerprint density at radius 2 is 1.90 bits per heavy atom. The summed E-state index contributed by atoms with van der Waals surface area (Å²) < 4.78 is 10.6. The van der Waals surface area contributed by atoms with E-state index >= 15 is 0 Å². The molecular formula is C22H23ClN2O4. The van der Waals surface area contributed by atoms with Gasteiger partial charge in [-0.2, -0.15) is 0 Å². The lowest BCUT2D eigenvalue weighted by Gasteiger charge is -2.14. The lowest BCUT2D eigenvalue weighted by Crippen LogP contribution is -2.38. The first-order valence-corrected chi connectivity index (χ1v) is 9.75. The zero-order valence-corrected chi connectivity index (χ0v) is 16.9. The van der Waals surface area contributed by atoms with E-state index in [2.05, 4.69) is 10.6 Å². The Bertz CT molecular complexity index is 873. The Kier molecular flexibility index (Phi) is 7.27. The molecule has 0 spiro atoms. The highest BCUT2D eigenvalue weighted by atomic mass is 35.5. The summed E-state index contributed by atoms with van der Waals surface area (Å²) in [5, 5.41) is 6.13. The van der Waals surface area contributed by atoms with E-state index in [1.165, 1.54) is 0 Å². The predicted octanol–water partition coefficient (Wildman–Crippen LogP) is 3.41. The van der Waals surface area contributed by atoms with Gasteiger partial charge in [-0.3, -0.25) is 9.59 Å². The fraction of sp³-hybridized carbons (Fsp3) is 0.273. The molecule has 0 radical (unpaired) electrons. The van der Waals surface area contributed by atoms with Crippen LogP contribution >= 0.6 is 11.6 Å². The van der Waals surface area contributed by atoms with Crippen LogP contribution in [0.2, 0.25) is 5.02 Å². The van der Waals surface area contributed by atoms with Gasteiger partial charge in [0, 0.05) is 23.7 Å². The van der Waals surface area contributed by atoms with E-state index in [0.29, 0.717) is 29.5 Å². The van der Waals surface area contributed by atoms with Crippen LogP contribution in [0.25, 0.3) is 6.08 Å². The van der Waals surface area contributed by atoms with Crippen LogP contribution in [-0.4, -0.2) is 38.2 Å². The van der Waals surface area contributed by atoms with Gasteiger partial charge < -0.3 is 20.1 Å². The topological polar surface area (TPSA) is 76.7 Å². The van der Waals surface area contributed by atoms with Crippen molar-refractivity contribution in [2.24, 2.45) is 0 Å². The zero-order valence-electron chi connectivity index (χ0n) is 16.1. The third-order valence-corrected chi connectivity index (χ3v) is 4.79. The smallest absolute Gasteiger partial charge is 0.267 e. The van der Waals surface area contributed by atoms with E-state index in [0.717, 1.165) is 18.4 Å². The molecule has 6 nitrogen and oxygen atoms in total. The number of benzene rings is 2. The fourth-order valence-corrected chi connectivity index (χ4v) is 3.05. The minimum absolute atomic E-state index is 0.00743. The van der Waals surface area contributed by atoms with E-state index in [9.17, 15) is 9.59 Å². The molecule has 2 aromatic rings. The summed E-state index contributed by atoms with van der Waals surface area (Å²) in [5.41, 5.74) is 1.30. The highest BCUT2D eigenvalue weighted by molar-refractivity contribution is 6.30. The van der Waals surface area contributed by atoms with Crippen molar-refractivity contribution in [3.63, 3.8) is 0 Å². The molecule has 0 unspecified atom stereocenters. The maximum absolute atomic E-state index is 12.7. The van der Waals surface area contributed by atoms with Crippen LogP contribution < -0.4 is 15.4 Å². The van der Waals surface area contributed by atoms with Gasteiger partial charge in [-0.25, -0.2) is 0 Å². The van der Waals surface area contributed by atoms with Crippen molar-refractivity contribution in [3.8, 4) is 5.75 Å². The van der Waals surface area contributed by atoms with E-state index in [-0.39, 0.29) is 23.6 Å². The van der Waals surface area contributed by atoms with Crippen LogP contribution in [0.15, 0.2) is 54.2 Å². The fourth-order valence-electron chi connectivity index (χ4n) is 2.93. The first-order valence-electron chi connectivity index (χ1n) is 9.37. The van der Waals surface area contributed by atoms with Crippen LogP contribution in [0.3, 0.4) is 0 Å². The minimum atomic E-state index is -0.389. The lowest BCUT2D eigenvalue weighted by atomic mass is 10.1. The third kappa shape index (κ3) is 6.07. The maximum atomic E-state index is 12.7. The highest BCUT2D eigenvalue weighted by Crippen LogP contribution is 2.15. The maximum Gasteiger partial charge on any atom is 0.267 e. The van der Waals surface area contributed by atoms with Crippen LogP contribution in [-0.2, 0) is 9.53 Å². The quantitative estimate of drug-likeness (QED) is 0.681. The van der Waals surface area contributed by atoms with Crippen LogP contribution in [0, 0.1) is 0 Å². The number of hydrogen-bond donors (Lipinski definition) is 2. The largest absolute Gasteiger partial charge is 0.497 e. The number of carbonyl (C=O) groups excluding carboxylic acids is 2. The van der Waals surface area contributed by atoms with Gasteiger partial charge in [0.2, 0.25) is 0 Å². The monoisotopic (exact) mass is 414 g/mol. The molecule has 1 saturated heterocycles. The first-order chi connectivity index (χ1) is 14.0. The van der Waals surface area contributed by atoms with Gasteiger partial charge in [-0.05, 0) is 60.9 Å². The van der Waals surface area contributed by atoms with Crippen molar-refractivity contribution in [1.82, 2.24) is 10.6 Å². The first kappa shape index (κ1) is 20.9. The summed E-state index contributed by atoms with van der Waals surface area (Å²) in [6.45, 7) is 1.11. The number of ether oxygens (including phenoxy) is 2. The Balaban J connectivity index is 1.75. The SMILES string of the molecule is COc1ccc(C(=O)N/C(=C/c2ccc(Cl)cc2)C(=O)NC[C@@H]2CCCO2)cc1. The van der Waals surface area contributed by atoms with Gasteiger partial charge in [-0.1, -0.05) is 23.7 Å². The number of carbonyl (C=O) groups is 2. The lowest BCUT2D eigenvalue weighted by molar-refractivity contribution is -0.118. The summed E-state index contributed by atoms with van der Waals surface area (Å²) in [4.78, 5) is 25.4. The molecule has 0 aromatic heterocycles. The minimum Gasteiger partial charge on any atom is -0.497 e. The van der Waals surface area contributed by atoms with Gasteiger partial charge in [-0.15, -0.1) is 0 Å². The van der Waals surface area contributed by atoms with Crippen molar-refractivity contribution >= 4 is 29.5 Å². The molecule has 1 atom stereocenters. The molecule has 29 heavy (non-hydrogen) atoms. The molecule has 3 rings (SSSR count). The van der Waals surface area contributed by atoms with Gasteiger partial charge in [0.1, 0.15) is 11.4 Å². The summed E-state index contributed by atoms with van der Waals surface area (Å²) in [6.07, 6.45) is 3.52. The summed E-state index contributed by atoms with van der Waals surface area (Å²) >= 11 is 5.93. The van der Waals surface area contributed by atoms with Crippen molar-refractivity contribution in [2.45, 2.75) is 18.9 Å². The Morgan fingerprint density at radius 1 is 1.17 bits per heavy atom. The second-order valence-corrected chi connectivity index (χ2v) is 7.07. The molecule has 1 fully saturated rings. The van der Waals surface area contributed by atoms with Crippen molar-refractivity contribution in [1.29, 1.82) is 0 Å².